The number of nitrogens with one attached hydrogen (secondary N) is 2. The van der Waals surface area contributed by atoms with Gasteiger partial charge in [-0.25, -0.2) is 0 Å². The van der Waals surface area contributed by atoms with Gasteiger partial charge in [0.1, 0.15) is 5.75 Å². The minimum Gasteiger partial charge on any atom is -0.495 e. The van der Waals surface area contributed by atoms with Crippen molar-refractivity contribution in [2.75, 3.05) is 17.7 Å². The van der Waals surface area contributed by atoms with Crippen LogP contribution in [0.5, 0.6) is 5.75 Å². The first-order chi connectivity index (χ1) is 11.8. The van der Waals surface area contributed by atoms with Crippen molar-refractivity contribution in [2.24, 2.45) is 0 Å². The van der Waals surface area contributed by atoms with E-state index in [0.717, 1.165) is 6.07 Å². The fourth-order valence-corrected chi connectivity index (χ4v) is 2.33. The number of anilines is 2. The molecule has 2 aromatic rings. The third-order valence-corrected chi connectivity index (χ3v) is 3.49. The molecule has 2 N–H and O–H groups in total. The molecule has 0 bridgehead atoms. The molecule has 2 aromatic carbocycles. The standard InChI is InChI=1S/C16H14ClN3O5/c1-9(21)18-14-7-10(3-6-15(14)25-2)19-16(22)12-5-4-11(20(23)24)8-13(12)17/h3-8H,1-2H3,(H,18,21)(H,19,22). The Hall–Kier alpha value is -3.13. The molecule has 0 heterocycles. The van der Waals surface area contributed by atoms with Crippen LogP contribution in [0.4, 0.5) is 17.1 Å². The smallest absolute Gasteiger partial charge is 0.270 e. The van der Waals surface area contributed by atoms with Crippen LogP contribution in [0.3, 0.4) is 0 Å². The Morgan fingerprint density at radius 1 is 1.16 bits per heavy atom. The quantitative estimate of drug-likeness (QED) is 0.624. The summed E-state index contributed by atoms with van der Waals surface area (Å²) in [5.74, 6) is -0.402. The van der Waals surface area contributed by atoms with Crippen LogP contribution in [-0.2, 0) is 4.79 Å². The zero-order valence-corrected chi connectivity index (χ0v) is 14.1. The first kappa shape index (κ1) is 18.2. The number of carbonyl (C=O) groups excluding carboxylic acids is 2. The molecule has 0 aliphatic heterocycles. The van der Waals surface area contributed by atoms with Gasteiger partial charge in [-0.1, -0.05) is 11.6 Å². The summed E-state index contributed by atoms with van der Waals surface area (Å²) >= 11 is 5.94. The monoisotopic (exact) mass is 363 g/mol. The van der Waals surface area contributed by atoms with Crippen LogP contribution < -0.4 is 15.4 Å². The number of rotatable bonds is 5. The van der Waals surface area contributed by atoms with E-state index in [9.17, 15) is 19.7 Å². The predicted molar refractivity (Wildman–Crippen MR) is 93.4 cm³/mol. The van der Waals surface area contributed by atoms with E-state index in [2.05, 4.69) is 10.6 Å². The van der Waals surface area contributed by atoms with E-state index < -0.39 is 10.8 Å². The maximum atomic E-state index is 12.3. The number of nitro groups is 1. The maximum absolute atomic E-state index is 12.3. The first-order valence-electron chi connectivity index (χ1n) is 7.02. The molecule has 0 aliphatic rings. The molecule has 2 rings (SSSR count). The van der Waals surface area contributed by atoms with E-state index in [1.807, 2.05) is 0 Å². The molecule has 9 heteroatoms. The molecule has 25 heavy (non-hydrogen) atoms. The molecule has 0 saturated heterocycles. The van der Waals surface area contributed by atoms with Crippen LogP contribution in [0.1, 0.15) is 17.3 Å². The lowest BCUT2D eigenvalue weighted by Crippen LogP contribution is -2.13. The molecule has 0 radical (unpaired) electrons. The van der Waals surface area contributed by atoms with E-state index in [1.54, 1.807) is 12.1 Å². The van der Waals surface area contributed by atoms with Crippen LogP contribution >= 0.6 is 11.6 Å². The van der Waals surface area contributed by atoms with Crippen LogP contribution in [0, 0.1) is 10.1 Å². The highest BCUT2D eigenvalue weighted by atomic mass is 35.5. The summed E-state index contributed by atoms with van der Waals surface area (Å²) in [5, 5.41) is 15.9. The molecule has 0 aliphatic carbocycles. The van der Waals surface area contributed by atoms with E-state index >= 15 is 0 Å². The van der Waals surface area contributed by atoms with Crippen molar-refractivity contribution in [3.63, 3.8) is 0 Å². The summed E-state index contributed by atoms with van der Waals surface area (Å²) in [4.78, 5) is 33.7. The van der Waals surface area contributed by atoms with Gasteiger partial charge in [-0.2, -0.15) is 0 Å². The second-order valence-corrected chi connectivity index (χ2v) is 5.38. The summed E-state index contributed by atoms with van der Waals surface area (Å²) in [6.07, 6.45) is 0. The largest absolute Gasteiger partial charge is 0.495 e. The van der Waals surface area contributed by atoms with Crippen LogP contribution in [-0.4, -0.2) is 23.8 Å². The molecule has 0 aromatic heterocycles. The van der Waals surface area contributed by atoms with E-state index in [4.69, 9.17) is 16.3 Å². The third-order valence-electron chi connectivity index (χ3n) is 3.18. The number of non-ortho nitro benzene ring substituents is 1. The van der Waals surface area contributed by atoms with E-state index in [1.165, 1.54) is 32.2 Å². The lowest BCUT2D eigenvalue weighted by Gasteiger charge is -2.12. The summed E-state index contributed by atoms with van der Waals surface area (Å²) in [6, 6.07) is 8.26. The maximum Gasteiger partial charge on any atom is 0.270 e. The topological polar surface area (TPSA) is 111 Å². The number of benzene rings is 2. The third kappa shape index (κ3) is 4.45. The van der Waals surface area contributed by atoms with Crippen molar-refractivity contribution in [1.82, 2.24) is 0 Å². The van der Waals surface area contributed by atoms with Crippen LogP contribution in [0.15, 0.2) is 36.4 Å². The number of hydrogen-bond donors (Lipinski definition) is 2. The van der Waals surface area contributed by atoms with Crippen molar-refractivity contribution in [1.29, 1.82) is 0 Å². The van der Waals surface area contributed by atoms with Crippen LogP contribution in [0.25, 0.3) is 0 Å². The summed E-state index contributed by atoms with van der Waals surface area (Å²) in [7, 11) is 1.45. The molecule has 8 nitrogen and oxygen atoms in total. The van der Waals surface area contributed by atoms with Crippen LogP contribution in [0.2, 0.25) is 5.02 Å². The second kappa shape index (κ2) is 7.63. The summed E-state index contributed by atoms with van der Waals surface area (Å²) in [6.45, 7) is 1.35. The first-order valence-corrected chi connectivity index (χ1v) is 7.40. The average Bonchev–Trinajstić information content (AvgIpc) is 2.54. The van der Waals surface area contributed by atoms with E-state index in [-0.39, 0.29) is 22.2 Å². The molecular weight excluding hydrogens is 350 g/mol. The number of amides is 2. The van der Waals surface area contributed by atoms with Gasteiger partial charge < -0.3 is 15.4 Å². The van der Waals surface area contributed by atoms with Crippen molar-refractivity contribution in [3.8, 4) is 5.75 Å². The van der Waals surface area contributed by atoms with Gasteiger partial charge >= 0.3 is 0 Å². The van der Waals surface area contributed by atoms with Gasteiger partial charge in [0.25, 0.3) is 11.6 Å². The SMILES string of the molecule is COc1ccc(NC(=O)c2ccc([N+](=O)[O-])cc2Cl)cc1NC(C)=O. The zero-order chi connectivity index (χ0) is 18.6. The Morgan fingerprint density at radius 3 is 2.44 bits per heavy atom. The minimum absolute atomic E-state index is 0.0395. The molecule has 130 valence electrons. The molecule has 0 unspecified atom stereocenters. The van der Waals surface area contributed by atoms with Gasteiger partial charge in [-0.15, -0.1) is 0 Å². The lowest BCUT2D eigenvalue weighted by molar-refractivity contribution is -0.384. The summed E-state index contributed by atoms with van der Waals surface area (Å²) in [5.41, 5.74) is 0.662. The van der Waals surface area contributed by atoms with Gasteiger partial charge in [0.15, 0.2) is 0 Å². The van der Waals surface area contributed by atoms with Crippen molar-refractivity contribution >= 4 is 40.5 Å². The number of nitro benzene ring substituents is 1. The molecule has 0 fully saturated rings. The Bertz CT molecular complexity index is 854. The number of nitrogens with zero attached hydrogens (tertiary/aromatic N) is 1. The van der Waals surface area contributed by atoms with E-state index in [0.29, 0.717) is 17.1 Å². The van der Waals surface area contributed by atoms with Crippen molar-refractivity contribution in [2.45, 2.75) is 6.92 Å². The average molecular weight is 364 g/mol. The lowest BCUT2D eigenvalue weighted by atomic mass is 10.1. The molecule has 0 atom stereocenters. The number of carbonyl (C=O) groups is 2. The van der Waals surface area contributed by atoms with Gasteiger partial charge in [0, 0.05) is 24.7 Å². The number of methoxy groups -OCH3 is 1. The Balaban J connectivity index is 2.26. The Morgan fingerprint density at radius 2 is 1.88 bits per heavy atom. The Labute approximate surface area is 147 Å². The fraction of sp³-hybridized carbons (Fsp3) is 0.125. The number of hydrogen-bond acceptors (Lipinski definition) is 5. The number of halogens is 1. The van der Waals surface area contributed by atoms with Gasteiger partial charge in [0.05, 0.1) is 28.3 Å². The number of ether oxygens (including phenoxy) is 1. The highest BCUT2D eigenvalue weighted by Crippen LogP contribution is 2.29. The fourth-order valence-electron chi connectivity index (χ4n) is 2.07. The molecular formula is C16H14ClN3O5. The highest BCUT2D eigenvalue weighted by molar-refractivity contribution is 6.34. The van der Waals surface area contributed by atoms with Gasteiger partial charge in [-0.05, 0) is 24.3 Å². The minimum atomic E-state index is -0.600. The molecule has 2 amide bonds. The zero-order valence-electron chi connectivity index (χ0n) is 13.3. The normalized spacial score (nSPS) is 10.0. The Kier molecular flexibility index (Phi) is 5.56. The van der Waals surface area contributed by atoms with Gasteiger partial charge in [0.2, 0.25) is 5.91 Å². The molecule has 0 spiro atoms. The predicted octanol–water partition coefficient (Wildman–Crippen LogP) is 3.47. The highest BCUT2D eigenvalue weighted by Gasteiger charge is 2.16. The van der Waals surface area contributed by atoms with Crippen molar-refractivity contribution < 1.29 is 19.2 Å². The summed E-state index contributed by atoms with van der Waals surface area (Å²) < 4.78 is 5.13. The molecule has 0 saturated carbocycles. The van der Waals surface area contributed by atoms with Crippen molar-refractivity contribution in [3.05, 3.63) is 57.1 Å². The second-order valence-electron chi connectivity index (χ2n) is 4.97. The van der Waals surface area contributed by atoms with Gasteiger partial charge in [-0.3, -0.25) is 19.7 Å².